The van der Waals surface area contributed by atoms with Crippen molar-refractivity contribution in [3.05, 3.63) is 87.6 Å². The summed E-state index contributed by atoms with van der Waals surface area (Å²) in [4.78, 5) is 18.8. The van der Waals surface area contributed by atoms with E-state index in [9.17, 15) is 13.2 Å². The van der Waals surface area contributed by atoms with Crippen LogP contribution in [0.15, 0.2) is 70.9 Å². The molecule has 1 N–H and O–H groups in total. The van der Waals surface area contributed by atoms with Gasteiger partial charge in [0.15, 0.2) is 0 Å². The number of nitrogens with zero attached hydrogens (tertiary/aromatic N) is 2. The van der Waals surface area contributed by atoms with Crippen molar-refractivity contribution in [2.45, 2.75) is 24.8 Å². The Balaban J connectivity index is 1.38. The maximum Gasteiger partial charge on any atom is 0.253 e. The predicted molar refractivity (Wildman–Crippen MR) is 132 cm³/mol. The van der Waals surface area contributed by atoms with Crippen LogP contribution in [0.3, 0.4) is 0 Å². The molecule has 8 heteroatoms. The summed E-state index contributed by atoms with van der Waals surface area (Å²) >= 11 is 1.78. The Morgan fingerprint density at radius 1 is 1.00 bits per heavy atom. The number of rotatable bonds is 8. The fourth-order valence-electron chi connectivity index (χ4n) is 3.95. The van der Waals surface area contributed by atoms with Crippen LogP contribution in [-0.4, -0.2) is 56.8 Å². The topological polar surface area (TPSA) is 69.7 Å². The molecule has 174 valence electrons. The lowest BCUT2D eigenvalue weighted by Crippen LogP contribution is -2.49. The minimum absolute atomic E-state index is 0.118. The van der Waals surface area contributed by atoms with Crippen molar-refractivity contribution in [1.29, 1.82) is 0 Å². The fraction of sp³-hybridized carbons (Fsp3) is 0.320. The van der Waals surface area contributed by atoms with E-state index in [1.54, 1.807) is 30.4 Å². The molecule has 0 saturated carbocycles. The standard InChI is InChI=1S/C25H29N3O3S2/c1-20-9-10-22(18-24(20)33(30,31)26-19-21-6-3-2-4-7-21)25(29)28-15-13-27(14-16-28)12-11-23-8-5-17-32-23/h2-10,17-18,26H,11-16,19H2,1H3. The number of hydrogen-bond acceptors (Lipinski definition) is 5. The van der Waals surface area contributed by atoms with Crippen LogP contribution in [0.2, 0.25) is 0 Å². The lowest BCUT2D eigenvalue weighted by molar-refractivity contribution is 0.0638. The summed E-state index contributed by atoms with van der Waals surface area (Å²) in [6, 6.07) is 18.5. The number of sulfonamides is 1. The number of hydrogen-bond donors (Lipinski definition) is 1. The molecule has 3 aromatic rings. The monoisotopic (exact) mass is 483 g/mol. The Kier molecular flexibility index (Phi) is 7.60. The van der Waals surface area contributed by atoms with E-state index in [-0.39, 0.29) is 17.3 Å². The minimum atomic E-state index is -3.74. The molecule has 0 aliphatic carbocycles. The number of aryl methyl sites for hydroxylation is 1. The lowest BCUT2D eigenvalue weighted by Gasteiger charge is -2.34. The molecule has 0 unspecified atom stereocenters. The second-order valence-corrected chi connectivity index (χ2v) is 11.0. The molecule has 1 aromatic heterocycles. The summed E-state index contributed by atoms with van der Waals surface area (Å²) < 4.78 is 28.5. The number of carbonyl (C=O) groups is 1. The number of nitrogens with one attached hydrogen (secondary N) is 1. The summed E-state index contributed by atoms with van der Waals surface area (Å²) in [7, 11) is -3.74. The molecule has 0 radical (unpaired) electrons. The molecule has 0 bridgehead atoms. The number of thiophene rings is 1. The second-order valence-electron chi connectivity index (χ2n) is 8.25. The van der Waals surface area contributed by atoms with Crippen LogP contribution in [-0.2, 0) is 23.0 Å². The van der Waals surface area contributed by atoms with E-state index in [0.717, 1.165) is 31.6 Å². The molecule has 1 saturated heterocycles. The predicted octanol–water partition coefficient (Wildman–Crippen LogP) is 3.54. The third-order valence-electron chi connectivity index (χ3n) is 5.95. The molecule has 1 aliphatic rings. The van der Waals surface area contributed by atoms with Crippen LogP contribution in [0.1, 0.15) is 26.4 Å². The molecule has 1 amide bonds. The summed E-state index contributed by atoms with van der Waals surface area (Å²) in [5.41, 5.74) is 1.90. The van der Waals surface area contributed by atoms with Gasteiger partial charge in [0.25, 0.3) is 5.91 Å². The molecule has 1 aliphatic heterocycles. The van der Waals surface area contributed by atoms with E-state index in [2.05, 4.69) is 27.1 Å². The molecule has 2 aromatic carbocycles. The zero-order valence-electron chi connectivity index (χ0n) is 18.7. The highest BCUT2D eigenvalue weighted by Crippen LogP contribution is 2.20. The summed E-state index contributed by atoms with van der Waals surface area (Å²) in [6.07, 6.45) is 1.03. The Labute approximate surface area is 199 Å². The van der Waals surface area contributed by atoms with Crippen molar-refractivity contribution in [2.24, 2.45) is 0 Å². The van der Waals surface area contributed by atoms with Crippen LogP contribution in [0.5, 0.6) is 0 Å². The second kappa shape index (κ2) is 10.6. The Morgan fingerprint density at radius 2 is 1.76 bits per heavy atom. The average molecular weight is 484 g/mol. The van der Waals surface area contributed by atoms with Crippen LogP contribution in [0.25, 0.3) is 0 Å². The van der Waals surface area contributed by atoms with E-state index in [0.29, 0.717) is 24.2 Å². The van der Waals surface area contributed by atoms with Gasteiger partial charge in [0, 0.05) is 49.7 Å². The highest BCUT2D eigenvalue weighted by Gasteiger charge is 2.24. The minimum Gasteiger partial charge on any atom is -0.336 e. The van der Waals surface area contributed by atoms with Gasteiger partial charge in [-0.3, -0.25) is 9.69 Å². The molecule has 33 heavy (non-hydrogen) atoms. The number of amides is 1. The maximum absolute atomic E-state index is 13.1. The average Bonchev–Trinajstić information content (AvgIpc) is 3.36. The molecule has 0 atom stereocenters. The highest BCUT2D eigenvalue weighted by atomic mass is 32.2. The van der Waals surface area contributed by atoms with E-state index in [4.69, 9.17) is 0 Å². The lowest BCUT2D eigenvalue weighted by atomic mass is 10.1. The van der Waals surface area contributed by atoms with Crippen LogP contribution in [0, 0.1) is 6.92 Å². The summed E-state index contributed by atoms with van der Waals surface area (Å²) in [5, 5.41) is 2.10. The number of piperazine rings is 1. The smallest absolute Gasteiger partial charge is 0.253 e. The van der Waals surface area contributed by atoms with E-state index in [1.807, 2.05) is 35.2 Å². The fourth-order valence-corrected chi connectivity index (χ4v) is 5.94. The van der Waals surface area contributed by atoms with Gasteiger partial charge < -0.3 is 4.90 Å². The van der Waals surface area contributed by atoms with E-state index >= 15 is 0 Å². The maximum atomic E-state index is 13.1. The van der Waals surface area contributed by atoms with Gasteiger partial charge in [-0.1, -0.05) is 42.5 Å². The third-order valence-corrected chi connectivity index (χ3v) is 8.43. The first-order chi connectivity index (χ1) is 15.9. The van der Waals surface area contributed by atoms with Crippen LogP contribution < -0.4 is 4.72 Å². The molecule has 2 heterocycles. The van der Waals surface area contributed by atoms with Crippen molar-refractivity contribution >= 4 is 27.3 Å². The van der Waals surface area contributed by atoms with E-state index in [1.165, 1.54) is 10.9 Å². The third kappa shape index (κ3) is 6.09. The van der Waals surface area contributed by atoms with Crippen LogP contribution in [0.4, 0.5) is 0 Å². The molecule has 4 rings (SSSR count). The zero-order valence-corrected chi connectivity index (χ0v) is 20.4. The van der Waals surface area contributed by atoms with Crippen molar-refractivity contribution in [1.82, 2.24) is 14.5 Å². The van der Waals surface area contributed by atoms with Gasteiger partial charge in [0.05, 0.1) is 4.90 Å². The first-order valence-corrected chi connectivity index (χ1v) is 13.5. The Bertz CT molecular complexity index is 1170. The van der Waals surface area contributed by atoms with Gasteiger partial charge >= 0.3 is 0 Å². The summed E-state index contributed by atoms with van der Waals surface area (Å²) in [5.74, 6) is -0.118. The SMILES string of the molecule is Cc1ccc(C(=O)N2CCN(CCc3cccs3)CC2)cc1S(=O)(=O)NCc1ccccc1. The normalized spacial score (nSPS) is 15.0. The van der Waals surface area contributed by atoms with Crippen molar-refractivity contribution < 1.29 is 13.2 Å². The molecular formula is C25H29N3O3S2. The quantitative estimate of drug-likeness (QED) is 0.532. The largest absolute Gasteiger partial charge is 0.336 e. The molecule has 0 spiro atoms. The molecular weight excluding hydrogens is 454 g/mol. The van der Waals surface area contributed by atoms with Crippen LogP contribution >= 0.6 is 11.3 Å². The van der Waals surface area contributed by atoms with Crippen molar-refractivity contribution in [3.8, 4) is 0 Å². The first-order valence-electron chi connectivity index (χ1n) is 11.1. The Hall–Kier alpha value is -2.52. The highest BCUT2D eigenvalue weighted by molar-refractivity contribution is 7.89. The van der Waals surface area contributed by atoms with Gasteiger partial charge in [-0.25, -0.2) is 13.1 Å². The van der Waals surface area contributed by atoms with E-state index < -0.39 is 10.0 Å². The molecule has 6 nitrogen and oxygen atoms in total. The number of benzene rings is 2. The van der Waals surface area contributed by atoms with Crippen molar-refractivity contribution in [3.63, 3.8) is 0 Å². The van der Waals surface area contributed by atoms with Crippen molar-refractivity contribution in [2.75, 3.05) is 32.7 Å². The van der Waals surface area contributed by atoms with Gasteiger partial charge in [-0.15, -0.1) is 11.3 Å². The van der Waals surface area contributed by atoms with Gasteiger partial charge in [0.2, 0.25) is 10.0 Å². The zero-order chi connectivity index (χ0) is 23.3. The number of carbonyl (C=O) groups excluding carboxylic acids is 1. The Morgan fingerprint density at radius 3 is 2.45 bits per heavy atom. The molecule has 1 fully saturated rings. The summed E-state index contributed by atoms with van der Waals surface area (Å²) in [6.45, 7) is 5.88. The van der Waals surface area contributed by atoms with Gasteiger partial charge in [-0.05, 0) is 48.1 Å². The van der Waals surface area contributed by atoms with Gasteiger partial charge in [-0.2, -0.15) is 0 Å². The first kappa shape index (κ1) is 23.6. The van der Waals surface area contributed by atoms with Gasteiger partial charge in [0.1, 0.15) is 0 Å².